The molecule has 0 saturated carbocycles. The number of nitrogens with one attached hydrogen (secondary N) is 1. The minimum Gasteiger partial charge on any atom is -0.508 e. The van der Waals surface area contributed by atoms with Crippen LogP contribution in [0.1, 0.15) is 5.56 Å². The molecule has 1 aromatic carbocycles. The number of benzene rings is 1. The summed E-state index contributed by atoms with van der Waals surface area (Å²) in [4.78, 5) is 0. The first-order valence-corrected chi connectivity index (χ1v) is 4.74. The number of aryl methyl sites for hydroxylation is 1. The van der Waals surface area contributed by atoms with Crippen LogP contribution in [0.15, 0.2) is 36.7 Å². The van der Waals surface area contributed by atoms with Gasteiger partial charge >= 0.3 is 0 Å². The van der Waals surface area contributed by atoms with E-state index in [0.717, 1.165) is 11.3 Å². The van der Waals surface area contributed by atoms with Crippen LogP contribution in [0.4, 0.5) is 5.69 Å². The van der Waals surface area contributed by atoms with Gasteiger partial charge in [0, 0.05) is 19.8 Å². The normalized spacial score (nSPS) is 9.56. The van der Waals surface area contributed by atoms with Crippen molar-refractivity contribution in [1.29, 1.82) is 0 Å². The molecule has 0 radical (unpaired) electrons. The Morgan fingerprint density at radius 1 is 1.44 bits per heavy atom. The molecular weight excluding hydrogens is 226 g/mol. The molecule has 16 heavy (non-hydrogen) atoms. The van der Waals surface area contributed by atoms with Crippen LogP contribution in [-0.4, -0.2) is 14.9 Å². The number of nitrogens with zero attached hydrogens (tertiary/aromatic N) is 2. The van der Waals surface area contributed by atoms with Gasteiger partial charge in [-0.3, -0.25) is 4.68 Å². The van der Waals surface area contributed by atoms with Gasteiger partial charge in [0.2, 0.25) is 0 Å². The largest absolute Gasteiger partial charge is 0.508 e. The van der Waals surface area contributed by atoms with E-state index in [0.29, 0.717) is 12.3 Å². The zero-order valence-corrected chi connectivity index (χ0v) is 9.74. The molecule has 0 atom stereocenters. The average Bonchev–Trinajstić information content (AvgIpc) is 2.62. The lowest BCUT2D eigenvalue weighted by atomic mass is 10.2. The number of halogens is 1. The van der Waals surface area contributed by atoms with E-state index in [9.17, 15) is 5.11 Å². The maximum Gasteiger partial charge on any atom is 0.115 e. The Hall–Kier alpha value is -1.68. The molecule has 0 aliphatic carbocycles. The predicted octanol–water partition coefficient (Wildman–Crippen LogP) is 2.16. The second kappa shape index (κ2) is 5.42. The Morgan fingerprint density at radius 2 is 2.25 bits per heavy atom. The van der Waals surface area contributed by atoms with E-state index in [1.807, 2.05) is 25.4 Å². The second-order valence-electron chi connectivity index (χ2n) is 3.43. The van der Waals surface area contributed by atoms with Crippen LogP contribution in [0.2, 0.25) is 0 Å². The van der Waals surface area contributed by atoms with Crippen LogP contribution in [0.25, 0.3) is 0 Å². The molecule has 0 bridgehead atoms. The van der Waals surface area contributed by atoms with E-state index in [1.165, 1.54) is 0 Å². The van der Waals surface area contributed by atoms with Crippen LogP contribution in [-0.2, 0) is 13.6 Å². The van der Waals surface area contributed by atoms with Crippen molar-refractivity contribution < 1.29 is 5.11 Å². The molecule has 5 heteroatoms. The number of phenolic OH excluding ortho intramolecular Hbond substituents is 1. The molecule has 0 fully saturated rings. The number of phenols is 1. The Bertz CT molecular complexity index is 456. The van der Waals surface area contributed by atoms with Crippen molar-refractivity contribution in [3.8, 4) is 5.75 Å². The molecule has 0 aliphatic heterocycles. The van der Waals surface area contributed by atoms with Gasteiger partial charge in [-0.15, -0.1) is 12.4 Å². The molecule has 4 nitrogen and oxygen atoms in total. The number of aromatic nitrogens is 2. The summed E-state index contributed by atoms with van der Waals surface area (Å²) in [6, 6.07) is 7.19. The number of anilines is 1. The number of hydrogen-bond acceptors (Lipinski definition) is 3. The summed E-state index contributed by atoms with van der Waals surface area (Å²) in [5.74, 6) is 0.292. The fourth-order valence-corrected chi connectivity index (χ4v) is 1.38. The highest BCUT2D eigenvalue weighted by Crippen LogP contribution is 2.12. The van der Waals surface area contributed by atoms with Gasteiger partial charge in [0.1, 0.15) is 5.75 Å². The third-order valence-corrected chi connectivity index (χ3v) is 2.11. The lowest BCUT2D eigenvalue weighted by Gasteiger charge is -2.03. The predicted molar refractivity (Wildman–Crippen MR) is 65.9 cm³/mol. The fraction of sp³-hybridized carbons (Fsp3) is 0.182. The van der Waals surface area contributed by atoms with E-state index in [1.54, 1.807) is 23.0 Å². The van der Waals surface area contributed by atoms with Crippen molar-refractivity contribution in [3.63, 3.8) is 0 Å². The van der Waals surface area contributed by atoms with Gasteiger partial charge in [0.25, 0.3) is 0 Å². The highest BCUT2D eigenvalue weighted by atomic mass is 35.5. The zero-order chi connectivity index (χ0) is 10.7. The second-order valence-corrected chi connectivity index (χ2v) is 3.43. The van der Waals surface area contributed by atoms with Crippen LogP contribution in [0, 0.1) is 0 Å². The molecule has 1 heterocycles. The third-order valence-electron chi connectivity index (χ3n) is 2.11. The summed E-state index contributed by atoms with van der Waals surface area (Å²) in [5, 5.41) is 16.5. The Kier molecular flexibility index (Phi) is 4.19. The van der Waals surface area contributed by atoms with E-state index in [-0.39, 0.29) is 12.4 Å². The molecule has 2 rings (SSSR count). The molecular formula is C11H14ClN3O. The standard InChI is InChI=1S/C11H13N3O.ClH/c1-14-8-10(7-13-14)12-6-9-3-2-4-11(15)5-9;/h2-5,7-8,12,15H,6H2,1H3;1H. The lowest BCUT2D eigenvalue weighted by molar-refractivity contribution is 0.474. The summed E-state index contributed by atoms with van der Waals surface area (Å²) < 4.78 is 1.74. The highest BCUT2D eigenvalue weighted by Gasteiger charge is 1.96. The Balaban J connectivity index is 0.00000128. The van der Waals surface area contributed by atoms with Crippen molar-refractivity contribution in [2.24, 2.45) is 7.05 Å². The van der Waals surface area contributed by atoms with Crippen LogP contribution in [0.5, 0.6) is 5.75 Å². The molecule has 0 amide bonds. The molecule has 0 aliphatic rings. The summed E-state index contributed by atoms with van der Waals surface area (Å²) in [6.45, 7) is 0.681. The topological polar surface area (TPSA) is 50.1 Å². The minimum atomic E-state index is 0. The third kappa shape index (κ3) is 3.17. The summed E-state index contributed by atoms with van der Waals surface area (Å²) in [6.07, 6.45) is 3.67. The smallest absolute Gasteiger partial charge is 0.115 e. The lowest BCUT2D eigenvalue weighted by Crippen LogP contribution is -1.97. The van der Waals surface area contributed by atoms with Gasteiger partial charge in [0.15, 0.2) is 0 Å². The van der Waals surface area contributed by atoms with E-state index in [4.69, 9.17) is 0 Å². The van der Waals surface area contributed by atoms with Gasteiger partial charge in [-0.1, -0.05) is 12.1 Å². The van der Waals surface area contributed by atoms with E-state index >= 15 is 0 Å². The maximum absolute atomic E-state index is 9.27. The number of rotatable bonds is 3. The molecule has 86 valence electrons. The van der Waals surface area contributed by atoms with Gasteiger partial charge in [-0.05, 0) is 17.7 Å². The zero-order valence-electron chi connectivity index (χ0n) is 8.92. The molecule has 0 spiro atoms. The van der Waals surface area contributed by atoms with Crippen molar-refractivity contribution in [1.82, 2.24) is 9.78 Å². The Labute approximate surface area is 100 Å². The van der Waals surface area contributed by atoms with E-state index in [2.05, 4.69) is 10.4 Å². The minimum absolute atomic E-state index is 0. The SMILES string of the molecule is Cl.Cn1cc(NCc2cccc(O)c2)cn1. The highest BCUT2D eigenvalue weighted by molar-refractivity contribution is 5.85. The van der Waals surface area contributed by atoms with Crippen molar-refractivity contribution in [3.05, 3.63) is 42.2 Å². The first-order chi connectivity index (χ1) is 7.24. The molecule has 0 saturated heterocycles. The molecule has 2 aromatic rings. The summed E-state index contributed by atoms with van der Waals surface area (Å²) in [5.41, 5.74) is 2.01. The average molecular weight is 240 g/mol. The van der Waals surface area contributed by atoms with Crippen LogP contribution >= 0.6 is 12.4 Å². The van der Waals surface area contributed by atoms with Gasteiger partial charge in [-0.2, -0.15) is 5.10 Å². The fourth-order valence-electron chi connectivity index (χ4n) is 1.38. The summed E-state index contributed by atoms with van der Waals surface area (Å²) in [7, 11) is 1.87. The first kappa shape index (κ1) is 12.4. The monoisotopic (exact) mass is 239 g/mol. The number of aromatic hydroxyl groups is 1. The van der Waals surface area contributed by atoms with Crippen molar-refractivity contribution >= 4 is 18.1 Å². The molecule has 2 N–H and O–H groups in total. The van der Waals surface area contributed by atoms with E-state index < -0.39 is 0 Å². The van der Waals surface area contributed by atoms with Gasteiger partial charge in [-0.25, -0.2) is 0 Å². The molecule has 1 aromatic heterocycles. The first-order valence-electron chi connectivity index (χ1n) is 4.74. The van der Waals surface area contributed by atoms with Gasteiger partial charge in [0.05, 0.1) is 11.9 Å². The summed E-state index contributed by atoms with van der Waals surface area (Å²) >= 11 is 0. The van der Waals surface area contributed by atoms with Crippen molar-refractivity contribution in [2.45, 2.75) is 6.54 Å². The van der Waals surface area contributed by atoms with Crippen molar-refractivity contribution in [2.75, 3.05) is 5.32 Å². The number of hydrogen-bond donors (Lipinski definition) is 2. The quantitative estimate of drug-likeness (QED) is 0.863. The van der Waals surface area contributed by atoms with Gasteiger partial charge < -0.3 is 10.4 Å². The maximum atomic E-state index is 9.27. The Morgan fingerprint density at radius 3 is 2.88 bits per heavy atom. The molecule has 0 unspecified atom stereocenters. The van der Waals surface area contributed by atoms with Crippen LogP contribution in [0.3, 0.4) is 0 Å². The van der Waals surface area contributed by atoms with Crippen LogP contribution < -0.4 is 5.32 Å².